The third-order valence-electron chi connectivity index (χ3n) is 4.41. The molecule has 2 amide bonds. The number of ether oxygens (including phenoxy) is 1. The van der Waals surface area contributed by atoms with E-state index < -0.39 is 6.04 Å². The third kappa shape index (κ3) is 5.69. The van der Waals surface area contributed by atoms with Gasteiger partial charge in [-0.1, -0.05) is 54.6 Å². The Bertz CT molecular complexity index is 972. The number of aryl methyl sites for hydroxylation is 1. The van der Waals surface area contributed by atoms with Crippen molar-refractivity contribution >= 4 is 17.5 Å². The molecule has 3 aromatic rings. The summed E-state index contributed by atoms with van der Waals surface area (Å²) in [6, 6.07) is 23.5. The van der Waals surface area contributed by atoms with Crippen molar-refractivity contribution in [2.45, 2.75) is 26.5 Å². The van der Waals surface area contributed by atoms with Crippen LogP contribution in [0.4, 0.5) is 5.69 Å². The molecule has 0 spiro atoms. The topological polar surface area (TPSA) is 67.4 Å². The minimum Gasteiger partial charge on any atom is -0.487 e. The maximum absolute atomic E-state index is 12.6. The van der Waals surface area contributed by atoms with E-state index >= 15 is 0 Å². The number of carbonyl (C=O) groups excluding carboxylic acids is 2. The van der Waals surface area contributed by atoms with E-state index in [0.717, 1.165) is 11.1 Å². The number of carbonyl (C=O) groups is 2. The van der Waals surface area contributed by atoms with Gasteiger partial charge >= 0.3 is 0 Å². The van der Waals surface area contributed by atoms with Crippen LogP contribution in [0.2, 0.25) is 0 Å². The first-order chi connectivity index (χ1) is 14.0. The number of hydrogen-bond donors (Lipinski definition) is 2. The SMILES string of the molecule is Cc1ccc(NC(=O)C(C)NC(=O)c2ccccc2)c(OCc2ccccc2)c1. The Labute approximate surface area is 170 Å². The molecule has 5 heteroatoms. The van der Waals surface area contributed by atoms with Crippen molar-refractivity contribution in [3.63, 3.8) is 0 Å². The second-order valence-corrected chi connectivity index (χ2v) is 6.82. The monoisotopic (exact) mass is 388 g/mol. The molecule has 0 radical (unpaired) electrons. The van der Waals surface area contributed by atoms with E-state index in [-0.39, 0.29) is 11.8 Å². The number of amides is 2. The normalized spacial score (nSPS) is 11.4. The van der Waals surface area contributed by atoms with Gasteiger partial charge in [-0.2, -0.15) is 0 Å². The van der Waals surface area contributed by atoms with E-state index in [1.165, 1.54) is 0 Å². The predicted octanol–water partition coefficient (Wildman–Crippen LogP) is 4.33. The fraction of sp³-hybridized carbons (Fsp3) is 0.167. The summed E-state index contributed by atoms with van der Waals surface area (Å²) in [6.45, 7) is 4.01. The molecule has 0 aliphatic carbocycles. The summed E-state index contributed by atoms with van der Waals surface area (Å²) in [7, 11) is 0. The second-order valence-electron chi connectivity index (χ2n) is 6.82. The maximum Gasteiger partial charge on any atom is 0.251 e. The summed E-state index contributed by atoms with van der Waals surface area (Å²) in [4.78, 5) is 24.9. The summed E-state index contributed by atoms with van der Waals surface area (Å²) in [5.74, 6) is -0.0239. The molecular formula is C24H24N2O3. The van der Waals surface area contributed by atoms with Gasteiger partial charge in [-0.05, 0) is 49.2 Å². The molecule has 5 nitrogen and oxygen atoms in total. The van der Waals surface area contributed by atoms with Crippen molar-refractivity contribution in [2.24, 2.45) is 0 Å². The zero-order valence-corrected chi connectivity index (χ0v) is 16.5. The van der Waals surface area contributed by atoms with Crippen LogP contribution in [0, 0.1) is 6.92 Å². The van der Waals surface area contributed by atoms with E-state index in [1.807, 2.05) is 55.5 Å². The number of anilines is 1. The maximum atomic E-state index is 12.6. The number of hydrogen-bond acceptors (Lipinski definition) is 3. The molecule has 148 valence electrons. The van der Waals surface area contributed by atoms with Crippen LogP contribution in [0.5, 0.6) is 5.75 Å². The van der Waals surface area contributed by atoms with Crippen molar-refractivity contribution in [1.29, 1.82) is 0 Å². The fourth-order valence-electron chi connectivity index (χ4n) is 2.76. The third-order valence-corrected chi connectivity index (χ3v) is 4.41. The Morgan fingerprint density at radius 3 is 2.28 bits per heavy atom. The summed E-state index contributed by atoms with van der Waals surface area (Å²) in [5.41, 5.74) is 3.14. The molecule has 0 saturated carbocycles. The Balaban J connectivity index is 1.65. The lowest BCUT2D eigenvalue weighted by atomic mass is 10.2. The molecule has 1 unspecified atom stereocenters. The molecule has 0 bridgehead atoms. The van der Waals surface area contributed by atoms with Gasteiger partial charge in [0.2, 0.25) is 5.91 Å². The molecule has 0 aliphatic heterocycles. The smallest absolute Gasteiger partial charge is 0.251 e. The van der Waals surface area contributed by atoms with Gasteiger partial charge in [-0.3, -0.25) is 9.59 Å². The van der Waals surface area contributed by atoms with Crippen LogP contribution in [0.3, 0.4) is 0 Å². The van der Waals surface area contributed by atoms with Crippen molar-refractivity contribution < 1.29 is 14.3 Å². The van der Waals surface area contributed by atoms with Gasteiger partial charge in [-0.25, -0.2) is 0 Å². The van der Waals surface area contributed by atoms with Crippen molar-refractivity contribution in [3.8, 4) is 5.75 Å². The molecule has 0 aliphatic rings. The minimum atomic E-state index is -0.703. The van der Waals surface area contributed by atoms with Crippen molar-refractivity contribution in [1.82, 2.24) is 5.32 Å². The molecule has 0 saturated heterocycles. The average Bonchev–Trinajstić information content (AvgIpc) is 2.75. The van der Waals surface area contributed by atoms with Gasteiger partial charge in [0, 0.05) is 5.56 Å². The highest BCUT2D eigenvalue weighted by Crippen LogP contribution is 2.27. The van der Waals surface area contributed by atoms with Crippen LogP contribution >= 0.6 is 0 Å². The Morgan fingerprint density at radius 1 is 0.931 bits per heavy atom. The van der Waals surface area contributed by atoms with Crippen molar-refractivity contribution in [3.05, 3.63) is 95.6 Å². The number of nitrogens with one attached hydrogen (secondary N) is 2. The molecule has 0 heterocycles. The molecule has 29 heavy (non-hydrogen) atoms. The zero-order chi connectivity index (χ0) is 20.6. The first kappa shape index (κ1) is 20.1. The highest BCUT2D eigenvalue weighted by molar-refractivity contribution is 6.01. The summed E-state index contributed by atoms with van der Waals surface area (Å²) in [6.07, 6.45) is 0. The van der Waals surface area contributed by atoms with Crippen molar-refractivity contribution in [2.75, 3.05) is 5.32 Å². The summed E-state index contributed by atoms with van der Waals surface area (Å²) in [5, 5.41) is 5.57. The Kier molecular flexibility index (Phi) is 6.63. The van der Waals surface area contributed by atoms with Crippen LogP contribution in [-0.2, 0) is 11.4 Å². The van der Waals surface area contributed by atoms with E-state index in [0.29, 0.717) is 23.6 Å². The van der Waals surface area contributed by atoms with E-state index in [4.69, 9.17) is 4.74 Å². The number of benzene rings is 3. The van der Waals surface area contributed by atoms with Gasteiger partial charge in [0.15, 0.2) is 0 Å². The molecular weight excluding hydrogens is 364 g/mol. The van der Waals surface area contributed by atoms with Crippen LogP contribution < -0.4 is 15.4 Å². The lowest BCUT2D eigenvalue weighted by Gasteiger charge is -2.17. The molecule has 0 aromatic heterocycles. The largest absolute Gasteiger partial charge is 0.487 e. The van der Waals surface area contributed by atoms with Crippen LogP contribution in [-0.4, -0.2) is 17.9 Å². The van der Waals surface area contributed by atoms with Gasteiger partial charge in [0.25, 0.3) is 5.91 Å². The quantitative estimate of drug-likeness (QED) is 0.633. The van der Waals surface area contributed by atoms with Gasteiger partial charge < -0.3 is 15.4 Å². The predicted molar refractivity (Wildman–Crippen MR) is 114 cm³/mol. The van der Waals surface area contributed by atoms with Crippen LogP contribution in [0.25, 0.3) is 0 Å². The zero-order valence-electron chi connectivity index (χ0n) is 16.5. The molecule has 3 aromatic carbocycles. The van der Waals surface area contributed by atoms with Crippen LogP contribution in [0.15, 0.2) is 78.9 Å². The molecule has 0 fully saturated rings. The van der Waals surface area contributed by atoms with E-state index in [1.54, 1.807) is 37.3 Å². The first-order valence-electron chi connectivity index (χ1n) is 9.47. The van der Waals surface area contributed by atoms with E-state index in [9.17, 15) is 9.59 Å². The van der Waals surface area contributed by atoms with Gasteiger partial charge in [0.05, 0.1) is 5.69 Å². The highest BCUT2D eigenvalue weighted by atomic mass is 16.5. The molecule has 1 atom stereocenters. The highest BCUT2D eigenvalue weighted by Gasteiger charge is 2.18. The average molecular weight is 388 g/mol. The molecule has 2 N–H and O–H groups in total. The Morgan fingerprint density at radius 2 is 1.59 bits per heavy atom. The fourth-order valence-corrected chi connectivity index (χ4v) is 2.76. The first-order valence-corrected chi connectivity index (χ1v) is 9.47. The van der Waals surface area contributed by atoms with Gasteiger partial charge in [0.1, 0.15) is 18.4 Å². The van der Waals surface area contributed by atoms with E-state index in [2.05, 4.69) is 10.6 Å². The molecule has 3 rings (SSSR count). The van der Waals surface area contributed by atoms with Gasteiger partial charge in [-0.15, -0.1) is 0 Å². The lowest BCUT2D eigenvalue weighted by molar-refractivity contribution is -0.117. The summed E-state index contributed by atoms with van der Waals surface area (Å²) < 4.78 is 5.93. The lowest BCUT2D eigenvalue weighted by Crippen LogP contribution is -2.41. The Hall–Kier alpha value is -3.60. The summed E-state index contributed by atoms with van der Waals surface area (Å²) >= 11 is 0. The second kappa shape index (κ2) is 9.55. The number of rotatable bonds is 7. The van der Waals surface area contributed by atoms with Crippen LogP contribution in [0.1, 0.15) is 28.4 Å². The standard InChI is InChI=1S/C24H24N2O3/c1-17-13-14-21(22(15-17)29-16-19-9-5-3-6-10-19)26-23(27)18(2)25-24(28)20-11-7-4-8-12-20/h3-15,18H,16H2,1-2H3,(H,25,28)(H,26,27). The minimum absolute atomic E-state index is 0.294.